The summed E-state index contributed by atoms with van der Waals surface area (Å²) in [5.41, 5.74) is 4.04. The third-order valence-corrected chi connectivity index (χ3v) is 2.37. The van der Waals surface area contributed by atoms with Crippen molar-refractivity contribution in [3.05, 3.63) is 34.9 Å². The van der Waals surface area contributed by atoms with Crippen LogP contribution in [0.3, 0.4) is 0 Å². The van der Waals surface area contributed by atoms with Crippen LogP contribution in [-0.4, -0.2) is 24.4 Å². The number of hydrogen-bond donors (Lipinski definition) is 0. The van der Waals surface area contributed by atoms with Crippen molar-refractivity contribution >= 4 is 11.6 Å². The predicted octanol–water partition coefficient (Wildman–Crippen LogP) is 2.97. The number of nitrogens with zero attached hydrogens (tertiary/aromatic N) is 1. The summed E-state index contributed by atoms with van der Waals surface area (Å²) in [4.78, 5) is 2.24. The van der Waals surface area contributed by atoms with Crippen LogP contribution >= 0.6 is 11.6 Å². The van der Waals surface area contributed by atoms with Crippen LogP contribution in [0.5, 0.6) is 0 Å². The van der Waals surface area contributed by atoms with Crippen LogP contribution in [-0.2, 0) is 6.54 Å². The van der Waals surface area contributed by atoms with Crippen molar-refractivity contribution in [2.75, 3.05) is 19.5 Å². The first-order chi connectivity index (χ1) is 6.61. The average Bonchev–Trinajstić information content (AvgIpc) is 2.01. The molecule has 0 aromatic heterocycles. The van der Waals surface area contributed by atoms with E-state index in [1.54, 1.807) is 0 Å². The van der Waals surface area contributed by atoms with E-state index >= 15 is 0 Å². The number of halogens is 1. The van der Waals surface area contributed by atoms with Crippen molar-refractivity contribution in [3.63, 3.8) is 0 Å². The van der Waals surface area contributed by atoms with Crippen molar-refractivity contribution < 1.29 is 0 Å². The lowest BCUT2D eigenvalue weighted by atomic mass is 10.1. The Morgan fingerprint density at radius 1 is 1.14 bits per heavy atom. The standard InChI is InChI=1S/C12H18ClN/c1-10-6-11(2)8-12(7-10)9-14(3)5-4-13/h6-8H,4-5,9H2,1-3H3. The molecule has 0 aliphatic heterocycles. The van der Waals surface area contributed by atoms with Crippen molar-refractivity contribution in [2.24, 2.45) is 0 Å². The van der Waals surface area contributed by atoms with Crippen LogP contribution in [0, 0.1) is 13.8 Å². The first-order valence-electron chi connectivity index (χ1n) is 4.93. The molecule has 0 bridgehead atoms. The zero-order valence-electron chi connectivity index (χ0n) is 9.18. The molecule has 2 heteroatoms. The van der Waals surface area contributed by atoms with Gasteiger partial charge in [0.15, 0.2) is 0 Å². The van der Waals surface area contributed by atoms with Crippen molar-refractivity contribution in [1.82, 2.24) is 4.90 Å². The number of rotatable bonds is 4. The van der Waals surface area contributed by atoms with Crippen molar-refractivity contribution in [1.29, 1.82) is 0 Å². The summed E-state index contributed by atoms with van der Waals surface area (Å²) in [6.45, 7) is 6.19. The maximum absolute atomic E-state index is 5.68. The van der Waals surface area contributed by atoms with E-state index in [2.05, 4.69) is 44.0 Å². The van der Waals surface area contributed by atoms with Gasteiger partial charge in [-0.25, -0.2) is 0 Å². The fourth-order valence-corrected chi connectivity index (χ4v) is 1.98. The van der Waals surface area contributed by atoms with Crippen LogP contribution in [0.4, 0.5) is 0 Å². The Bertz CT molecular complexity index is 276. The van der Waals surface area contributed by atoms with Gasteiger partial charge in [-0.2, -0.15) is 0 Å². The van der Waals surface area contributed by atoms with Gasteiger partial charge in [0.25, 0.3) is 0 Å². The van der Waals surface area contributed by atoms with E-state index in [4.69, 9.17) is 11.6 Å². The van der Waals surface area contributed by atoms with Gasteiger partial charge < -0.3 is 4.90 Å². The summed E-state index contributed by atoms with van der Waals surface area (Å²) in [5.74, 6) is 0.696. The van der Waals surface area contributed by atoms with E-state index in [0.29, 0.717) is 5.88 Å². The minimum Gasteiger partial charge on any atom is -0.301 e. The van der Waals surface area contributed by atoms with Gasteiger partial charge in [0.2, 0.25) is 0 Å². The first-order valence-corrected chi connectivity index (χ1v) is 5.47. The molecule has 1 nitrogen and oxygen atoms in total. The number of benzene rings is 1. The first kappa shape index (κ1) is 11.5. The second-order valence-corrected chi connectivity index (χ2v) is 4.30. The van der Waals surface area contributed by atoms with E-state index in [9.17, 15) is 0 Å². The van der Waals surface area contributed by atoms with Gasteiger partial charge in [-0.15, -0.1) is 11.6 Å². The van der Waals surface area contributed by atoms with Crippen molar-refractivity contribution in [3.8, 4) is 0 Å². The molecule has 0 saturated carbocycles. The molecule has 14 heavy (non-hydrogen) atoms. The third kappa shape index (κ3) is 3.69. The molecule has 0 fully saturated rings. The van der Waals surface area contributed by atoms with Crippen LogP contribution < -0.4 is 0 Å². The Labute approximate surface area is 91.7 Å². The fourth-order valence-electron chi connectivity index (χ4n) is 1.70. The normalized spacial score (nSPS) is 10.9. The van der Waals surface area contributed by atoms with Crippen LogP contribution in [0.15, 0.2) is 18.2 Å². The van der Waals surface area contributed by atoms with Gasteiger partial charge in [-0.3, -0.25) is 0 Å². The van der Waals surface area contributed by atoms with Gasteiger partial charge in [-0.1, -0.05) is 29.3 Å². The summed E-state index contributed by atoms with van der Waals surface area (Å²) in [5, 5.41) is 0. The molecule has 1 aromatic carbocycles. The molecular formula is C12H18ClN. The minimum absolute atomic E-state index is 0.696. The average molecular weight is 212 g/mol. The lowest BCUT2D eigenvalue weighted by Crippen LogP contribution is -2.20. The quantitative estimate of drug-likeness (QED) is 0.693. The highest BCUT2D eigenvalue weighted by Gasteiger charge is 2.00. The Balaban J connectivity index is 2.66. The summed E-state index contributed by atoms with van der Waals surface area (Å²) in [6, 6.07) is 6.67. The Morgan fingerprint density at radius 2 is 1.71 bits per heavy atom. The second kappa shape index (κ2) is 5.38. The molecule has 78 valence electrons. The lowest BCUT2D eigenvalue weighted by molar-refractivity contribution is 0.347. The molecule has 0 N–H and O–H groups in total. The van der Waals surface area contributed by atoms with E-state index in [1.807, 2.05) is 0 Å². The largest absolute Gasteiger partial charge is 0.301 e. The summed E-state index contributed by atoms with van der Waals surface area (Å²) >= 11 is 5.68. The van der Waals surface area contributed by atoms with Crippen LogP contribution in [0.25, 0.3) is 0 Å². The minimum atomic E-state index is 0.696. The zero-order chi connectivity index (χ0) is 10.6. The lowest BCUT2D eigenvalue weighted by Gasteiger charge is -2.15. The highest BCUT2D eigenvalue weighted by atomic mass is 35.5. The Morgan fingerprint density at radius 3 is 2.21 bits per heavy atom. The molecule has 0 aliphatic carbocycles. The Kier molecular flexibility index (Phi) is 4.43. The van der Waals surface area contributed by atoms with Crippen LogP contribution in [0.1, 0.15) is 16.7 Å². The van der Waals surface area contributed by atoms with E-state index < -0.39 is 0 Å². The summed E-state index contributed by atoms with van der Waals surface area (Å²) in [7, 11) is 2.10. The van der Waals surface area contributed by atoms with E-state index in [-0.39, 0.29) is 0 Å². The number of hydrogen-bond acceptors (Lipinski definition) is 1. The van der Waals surface area contributed by atoms with Gasteiger partial charge >= 0.3 is 0 Å². The van der Waals surface area contributed by atoms with E-state index in [0.717, 1.165) is 13.1 Å². The maximum atomic E-state index is 5.68. The fraction of sp³-hybridized carbons (Fsp3) is 0.500. The maximum Gasteiger partial charge on any atom is 0.0351 e. The SMILES string of the molecule is Cc1cc(C)cc(CN(C)CCCl)c1. The molecule has 0 unspecified atom stereocenters. The van der Waals surface area contributed by atoms with Gasteiger partial charge in [0.05, 0.1) is 0 Å². The number of aryl methyl sites for hydroxylation is 2. The molecule has 0 heterocycles. The van der Waals surface area contributed by atoms with E-state index in [1.165, 1.54) is 16.7 Å². The van der Waals surface area contributed by atoms with Gasteiger partial charge in [0, 0.05) is 19.0 Å². The Hall–Kier alpha value is -0.530. The molecule has 0 radical (unpaired) electrons. The predicted molar refractivity (Wildman–Crippen MR) is 63.0 cm³/mol. The molecule has 0 saturated heterocycles. The van der Waals surface area contributed by atoms with Gasteiger partial charge in [-0.05, 0) is 26.5 Å². The number of alkyl halides is 1. The molecule has 0 amide bonds. The smallest absolute Gasteiger partial charge is 0.0351 e. The highest BCUT2D eigenvalue weighted by Crippen LogP contribution is 2.10. The summed E-state index contributed by atoms with van der Waals surface area (Å²) in [6.07, 6.45) is 0. The van der Waals surface area contributed by atoms with Crippen LogP contribution in [0.2, 0.25) is 0 Å². The third-order valence-electron chi connectivity index (χ3n) is 2.20. The molecule has 0 aliphatic rings. The molecular weight excluding hydrogens is 194 g/mol. The molecule has 0 spiro atoms. The van der Waals surface area contributed by atoms with Crippen molar-refractivity contribution in [2.45, 2.75) is 20.4 Å². The highest BCUT2D eigenvalue weighted by molar-refractivity contribution is 6.18. The molecule has 0 atom stereocenters. The summed E-state index contributed by atoms with van der Waals surface area (Å²) < 4.78 is 0. The van der Waals surface area contributed by atoms with Gasteiger partial charge in [0.1, 0.15) is 0 Å². The monoisotopic (exact) mass is 211 g/mol. The zero-order valence-corrected chi connectivity index (χ0v) is 9.93. The second-order valence-electron chi connectivity index (χ2n) is 3.92. The molecule has 1 rings (SSSR count). The molecule has 1 aromatic rings. The topological polar surface area (TPSA) is 3.24 Å².